The van der Waals surface area contributed by atoms with E-state index in [4.69, 9.17) is 0 Å². The number of carbonyl (C=O) groups excluding carboxylic acids is 2. The van der Waals surface area contributed by atoms with Crippen molar-refractivity contribution < 1.29 is 9.59 Å². The summed E-state index contributed by atoms with van der Waals surface area (Å²) in [5, 5.41) is 5.87. The summed E-state index contributed by atoms with van der Waals surface area (Å²) in [6.45, 7) is 6.73. The lowest BCUT2D eigenvalue weighted by molar-refractivity contribution is -0.130. The molecule has 1 aromatic rings. The van der Waals surface area contributed by atoms with E-state index in [1.165, 1.54) is 6.92 Å². The van der Waals surface area contributed by atoms with Gasteiger partial charge in [-0.25, -0.2) is 0 Å². The first-order valence-electron chi connectivity index (χ1n) is 7.10. The highest BCUT2D eigenvalue weighted by molar-refractivity contribution is 8.00. The minimum atomic E-state index is -0.102. The number of hydrogen-bond donors (Lipinski definition) is 2. The van der Waals surface area contributed by atoms with Crippen molar-refractivity contribution in [3.63, 3.8) is 0 Å². The molecule has 1 atom stereocenters. The number of nitrogens with one attached hydrogen (secondary N) is 2. The molecule has 2 rings (SSSR count). The summed E-state index contributed by atoms with van der Waals surface area (Å²) >= 11 is 1.55. The van der Waals surface area contributed by atoms with Crippen LogP contribution in [0.25, 0.3) is 0 Å². The highest BCUT2D eigenvalue weighted by Gasteiger charge is 2.22. The quantitative estimate of drug-likeness (QED) is 0.821. The number of hydrogen-bond acceptors (Lipinski definition) is 4. The first kappa shape index (κ1) is 18.8. The summed E-state index contributed by atoms with van der Waals surface area (Å²) in [5.41, 5.74) is 0.771. The molecule has 122 valence electrons. The highest BCUT2D eigenvalue weighted by Crippen LogP contribution is 2.26. The number of thioether (sulfide) groups is 1. The largest absolute Gasteiger partial charge is 0.339 e. The van der Waals surface area contributed by atoms with Crippen LogP contribution < -0.4 is 10.6 Å². The lowest BCUT2D eigenvalue weighted by Crippen LogP contribution is -2.48. The van der Waals surface area contributed by atoms with Crippen molar-refractivity contribution >= 4 is 41.7 Å². The van der Waals surface area contributed by atoms with Crippen molar-refractivity contribution in [2.45, 2.75) is 24.0 Å². The Morgan fingerprint density at radius 1 is 1.23 bits per heavy atom. The molecule has 1 saturated heterocycles. The number of nitrogens with zero attached hydrogens (tertiary/aromatic N) is 1. The predicted octanol–water partition coefficient (Wildman–Crippen LogP) is 1.98. The van der Waals surface area contributed by atoms with Crippen LogP contribution in [0.2, 0.25) is 0 Å². The second kappa shape index (κ2) is 9.02. The highest BCUT2D eigenvalue weighted by atomic mass is 35.5. The maximum Gasteiger partial charge on any atom is 0.235 e. The van der Waals surface area contributed by atoms with E-state index >= 15 is 0 Å². The Kier molecular flexibility index (Phi) is 7.72. The molecule has 0 aromatic heterocycles. The van der Waals surface area contributed by atoms with Crippen LogP contribution in [0.1, 0.15) is 13.8 Å². The molecule has 7 heteroatoms. The van der Waals surface area contributed by atoms with Crippen molar-refractivity contribution in [2.24, 2.45) is 0 Å². The molecule has 2 N–H and O–H groups in total. The first-order valence-corrected chi connectivity index (χ1v) is 7.98. The molecule has 1 aliphatic rings. The number of carbonyl (C=O) groups is 2. The van der Waals surface area contributed by atoms with Gasteiger partial charge in [-0.05, 0) is 31.2 Å². The number of piperazine rings is 1. The van der Waals surface area contributed by atoms with Gasteiger partial charge in [0.2, 0.25) is 11.8 Å². The van der Waals surface area contributed by atoms with Crippen molar-refractivity contribution in [2.75, 3.05) is 31.5 Å². The van der Waals surface area contributed by atoms with Gasteiger partial charge < -0.3 is 15.5 Å². The van der Waals surface area contributed by atoms with Crippen molar-refractivity contribution in [1.29, 1.82) is 0 Å². The number of amides is 2. The Bertz CT molecular complexity index is 504. The minimum absolute atomic E-state index is 0. The van der Waals surface area contributed by atoms with Crippen LogP contribution in [0.4, 0.5) is 5.69 Å². The third-order valence-electron chi connectivity index (χ3n) is 3.26. The Balaban J connectivity index is 0.00000242. The molecular weight excluding hydrogens is 322 g/mol. The van der Waals surface area contributed by atoms with Crippen LogP contribution in [0, 0.1) is 0 Å². The van der Waals surface area contributed by atoms with Gasteiger partial charge in [-0.2, -0.15) is 0 Å². The molecule has 1 aliphatic heterocycles. The van der Waals surface area contributed by atoms with Crippen LogP contribution in [0.3, 0.4) is 0 Å². The van der Waals surface area contributed by atoms with Crippen molar-refractivity contribution in [3.8, 4) is 0 Å². The second-order valence-corrected chi connectivity index (χ2v) is 6.46. The normalized spacial score (nSPS) is 15.6. The topological polar surface area (TPSA) is 61.4 Å². The van der Waals surface area contributed by atoms with Gasteiger partial charge in [-0.15, -0.1) is 24.2 Å². The molecule has 0 radical (unpaired) electrons. The van der Waals surface area contributed by atoms with E-state index in [0.29, 0.717) is 0 Å². The average Bonchev–Trinajstić information content (AvgIpc) is 2.49. The molecule has 1 aromatic carbocycles. The maximum absolute atomic E-state index is 12.3. The van der Waals surface area contributed by atoms with Crippen molar-refractivity contribution in [3.05, 3.63) is 24.3 Å². The third kappa shape index (κ3) is 5.51. The fourth-order valence-corrected chi connectivity index (χ4v) is 3.17. The van der Waals surface area contributed by atoms with E-state index in [2.05, 4.69) is 10.6 Å². The molecule has 5 nitrogen and oxygen atoms in total. The van der Waals surface area contributed by atoms with Gasteiger partial charge in [-0.3, -0.25) is 9.59 Å². The lowest BCUT2D eigenvalue weighted by Gasteiger charge is -2.29. The summed E-state index contributed by atoms with van der Waals surface area (Å²) in [6.07, 6.45) is 0. The molecule has 0 spiro atoms. The van der Waals surface area contributed by atoms with Gasteiger partial charge in [0.1, 0.15) is 0 Å². The Morgan fingerprint density at radius 2 is 1.82 bits per heavy atom. The standard InChI is InChI=1S/C15H21N3O2S.ClH/c1-11(15(20)18-9-7-16-8-10-18)21-14-5-3-13(4-6-14)17-12(2)19;/h3-6,11,16H,7-10H2,1-2H3,(H,17,19);1H. The van der Waals surface area contributed by atoms with Crippen molar-refractivity contribution in [1.82, 2.24) is 10.2 Å². The zero-order valence-corrected chi connectivity index (χ0v) is 14.4. The SMILES string of the molecule is CC(=O)Nc1ccc(SC(C)C(=O)N2CCNCC2)cc1.Cl. The summed E-state index contributed by atoms with van der Waals surface area (Å²) in [4.78, 5) is 26.2. The molecule has 0 saturated carbocycles. The van der Waals surface area contributed by atoms with E-state index in [0.717, 1.165) is 36.8 Å². The average molecular weight is 344 g/mol. The van der Waals surface area contributed by atoms with Crippen LogP contribution >= 0.6 is 24.2 Å². The molecular formula is C15H22ClN3O2S. The van der Waals surface area contributed by atoms with E-state index < -0.39 is 0 Å². The van der Waals surface area contributed by atoms with Gasteiger partial charge in [0.15, 0.2) is 0 Å². The molecule has 0 aliphatic carbocycles. The number of anilines is 1. The van der Waals surface area contributed by atoms with Gasteiger partial charge in [0.25, 0.3) is 0 Å². The maximum atomic E-state index is 12.3. The Morgan fingerprint density at radius 3 is 2.36 bits per heavy atom. The molecule has 0 bridgehead atoms. The van der Waals surface area contributed by atoms with Crippen LogP contribution in [0.5, 0.6) is 0 Å². The second-order valence-electron chi connectivity index (χ2n) is 5.04. The van der Waals surface area contributed by atoms with E-state index in [-0.39, 0.29) is 29.5 Å². The molecule has 1 heterocycles. The van der Waals surface area contributed by atoms with E-state index in [9.17, 15) is 9.59 Å². The molecule has 1 fully saturated rings. The van der Waals surface area contributed by atoms with Crippen LogP contribution in [-0.2, 0) is 9.59 Å². The monoisotopic (exact) mass is 343 g/mol. The van der Waals surface area contributed by atoms with Gasteiger partial charge in [0, 0.05) is 43.7 Å². The molecule has 22 heavy (non-hydrogen) atoms. The first-order chi connectivity index (χ1) is 10.1. The molecule has 1 unspecified atom stereocenters. The van der Waals surface area contributed by atoms with Crippen LogP contribution in [0.15, 0.2) is 29.2 Å². The summed E-state index contributed by atoms with van der Waals surface area (Å²) in [5.74, 6) is 0.102. The number of benzene rings is 1. The van der Waals surface area contributed by atoms with E-state index in [1.807, 2.05) is 36.1 Å². The van der Waals surface area contributed by atoms with Gasteiger partial charge in [0.05, 0.1) is 5.25 Å². The van der Waals surface area contributed by atoms with Gasteiger partial charge >= 0.3 is 0 Å². The Hall–Kier alpha value is -1.24. The Labute approximate surface area is 141 Å². The predicted molar refractivity (Wildman–Crippen MR) is 92.8 cm³/mol. The minimum Gasteiger partial charge on any atom is -0.339 e. The summed E-state index contributed by atoms with van der Waals surface area (Å²) in [6, 6.07) is 7.56. The zero-order valence-electron chi connectivity index (χ0n) is 12.8. The van der Waals surface area contributed by atoms with E-state index in [1.54, 1.807) is 11.8 Å². The number of halogens is 1. The summed E-state index contributed by atoms with van der Waals surface area (Å²) < 4.78 is 0. The number of rotatable bonds is 4. The summed E-state index contributed by atoms with van der Waals surface area (Å²) in [7, 11) is 0. The third-order valence-corrected chi connectivity index (χ3v) is 4.36. The van der Waals surface area contributed by atoms with Gasteiger partial charge in [-0.1, -0.05) is 0 Å². The zero-order chi connectivity index (χ0) is 15.2. The fourth-order valence-electron chi connectivity index (χ4n) is 2.22. The van der Waals surface area contributed by atoms with Crippen LogP contribution in [-0.4, -0.2) is 48.1 Å². The molecule has 2 amide bonds. The smallest absolute Gasteiger partial charge is 0.235 e. The lowest BCUT2D eigenvalue weighted by atomic mass is 10.3. The fraction of sp³-hybridized carbons (Fsp3) is 0.467.